The summed E-state index contributed by atoms with van der Waals surface area (Å²) in [6, 6.07) is 2.18. The van der Waals surface area contributed by atoms with Crippen LogP contribution in [0.2, 0.25) is 0 Å². The third-order valence-corrected chi connectivity index (χ3v) is 5.07. The summed E-state index contributed by atoms with van der Waals surface area (Å²) in [5.74, 6) is 1.03. The molecule has 1 saturated heterocycles. The molecule has 0 bridgehead atoms. The van der Waals surface area contributed by atoms with Crippen LogP contribution >= 0.6 is 27.3 Å². The van der Waals surface area contributed by atoms with Gasteiger partial charge in [0, 0.05) is 23.3 Å². The van der Waals surface area contributed by atoms with E-state index in [9.17, 15) is 0 Å². The maximum atomic E-state index is 6.06. The molecule has 0 saturated carbocycles. The number of ether oxygens (including phenoxy) is 1. The average Bonchev–Trinajstić information content (AvgIpc) is 2.76. The summed E-state index contributed by atoms with van der Waals surface area (Å²) < 4.78 is 6.06. The predicted octanol–water partition coefficient (Wildman–Crippen LogP) is 3.38. The molecule has 4 nitrogen and oxygen atoms in total. The first-order valence-electron chi connectivity index (χ1n) is 6.68. The molecule has 0 N–H and O–H groups in total. The van der Waals surface area contributed by atoms with E-state index < -0.39 is 0 Å². The Morgan fingerprint density at radius 3 is 3.05 bits per heavy atom. The van der Waals surface area contributed by atoms with Crippen LogP contribution in [0, 0.1) is 6.92 Å². The second-order valence-electron chi connectivity index (χ2n) is 5.81. The minimum atomic E-state index is -0.168. The Hall–Kier alpha value is -0.720. The summed E-state index contributed by atoms with van der Waals surface area (Å²) in [5.41, 5.74) is -0.168. The lowest BCUT2D eigenvalue weighted by molar-refractivity contribution is -0.0725. The number of anilines is 1. The molecule has 1 aliphatic rings. The van der Waals surface area contributed by atoms with E-state index in [1.807, 2.05) is 0 Å². The highest BCUT2D eigenvalue weighted by Crippen LogP contribution is 2.33. The number of rotatable bonds is 2. The summed E-state index contributed by atoms with van der Waals surface area (Å²) in [5, 5.41) is 1.99. The summed E-state index contributed by atoms with van der Waals surface area (Å²) in [7, 11) is 0. The number of thiophene rings is 1. The zero-order valence-electron chi connectivity index (χ0n) is 11.9. The Morgan fingerprint density at radius 1 is 1.50 bits per heavy atom. The molecule has 1 unspecified atom stereocenters. The number of alkyl halides is 1. The first-order chi connectivity index (χ1) is 9.48. The van der Waals surface area contributed by atoms with Crippen LogP contribution in [0.4, 0.5) is 5.82 Å². The first kappa shape index (κ1) is 14.2. The SMILES string of the molecule is Cc1cc2c(N3CC(CBr)OC(C)(C)C3)ncnc2s1. The highest BCUT2D eigenvalue weighted by molar-refractivity contribution is 9.09. The molecular weight excluding hydrogens is 338 g/mol. The van der Waals surface area contributed by atoms with Crippen LogP contribution < -0.4 is 4.90 Å². The topological polar surface area (TPSA) is 38.2 Å². The highest BCUT2D eigenvalue weighted by Gasteiger charge is 2.34. The molecule has 0 radical (unpaired) electrons. The van der Waals surface area contributed by atoms with E-state index in [0.717, 1.165) is 34.5 Å². The van der Waals surface area contributed by atoms with Crippen molar-refractivity contribution in [3.63, 3.8) is 0 Å². The van der Waals surface area contributed by atoms with Gasteiger partial charge >= 0.3 is 0 Å². The van der Waals surface area contributed by atoms with Gasteiger partial charge in [-0.2, -0.15) is 0 Å². The van der Waals surface area contributed by atoms with Gasteiger partial charge in [-0.3, -0.25) is 0 Å². The van der Waals surface area contributed by atoms with Crippen molar-refractivity contribution in [3.8, 4) is 0 Å². The lowest BCUT2D eigenvalue weighted by Crippen LogP contribution is -2.53. The lowest BCUT2D eigenvalue weighted by atomic mass is 10.1. The van der Waals surface area contributed by atoms with Crippen molar-refractivity contribution in [1.82, 2.24) is 9.97 Å². The maximum Gasteiger partial charge on any atom is 0.140 e. The molecule has 2 aromatic heterocycles. The number of fused-ring (bicyclic) bond motifs is 1. The van der Waals surface area contributed by atoms with Crippen LogP contribution in [0.15, 0.2) is 12.4 Å². The second kappa shape index (κ2) is 5.24. The number of halogens is 1. The van der Waals surface area contributed by atoms with Crippen LogP contribution in [0.3, 0.4) is 0 Å². The van der Waals surface area contributed by atoms with Gasteiger partial charge in [-0.1, -0.05) is 15.9 Å². The maximum absolute atomic E-state index is 6.06. The number of hydrogen-bond acceptors (Lipinski definition) is 5. The summed E-state index contributed by atoms with van der Waals surface area (Å²) in [6.07, 6.45) is 1.85. The summed E-state index contributed by atoms with van der Waals surface area (Å²) >= 11 is 5.25. The van der Waals surface area contributed by atoms with Gasteiger partial charge in [-0.15, -0.1) is 11.3 Å². The molecule has 2 aromatic rings. The van der Waals surface area contributed by atoms with E-state index in [1.54, 1.807) is 17.7 Å². The fourth-order valence-electron chi connectivity index (χ4n) is 2.75. The van der Waals surface area contributed by atoms with Crippen molar-refractivity contribution in [2.45, 2.75) is 32.5 Å². The zero-order valence-corrected chi connectivity index (χ0v) is 14.3. The van der Waals surface area contributed by atoms with Gasteiger partial charge in [-0.25, -0.2) is 9.97 Å². The van der Waals surface area contributed by atoms with Crippen molar-refractivity contribution < 1.29 is 4.74 Å². The minimum absolute atomic E-state index is 0.168. The molecular formula is C14H18BrN3OS. The second-order valence-corrected chi connectivity index (χ2v) is 7.69. The smallest absolute Gasteiger partial charge is 0.140 e. The van der Waals surface area contributed by atoms with E-state index in [2.05, 4.69) is 57.6 Å². The number of aryl methyl sites for hydroxylation is 1. The molecule has 3 heterocycles. The molecule has 20 heavy (non-hydrogen) atoms. The van der Waals surface area contributed by atoms with Gasteiger partial charge in [0.15, 0.2) is 0 Å². The van der Waals surface area contributed by atoms with E-state index >= 15 is 0 Å². The highest BCUT2D eigenvalue weighted by atomic mass is 79.9. The monoisotopic (exact) mass is 355 g/mol. The Labute approximate surface area is 131 Å². The Bertz CT molecular complexity index is 628. The van der Waals surface area contributed by atoms with Gasteiger partial charge < -0.3 is 9.64 Å². The normalized spacial score (nSPS) is 22.4. The van der Waals surface area contributed by atoms with Crippen molar-refractivity contribution in [3.05, 3.63) is 17.3 Å². The largest absolute Gasteiger partial charge is 0.368 e. The van der Waals surface area contributed by atoms with E-state index in [-0.39, 0.29) is 11.7 Å². The van der Waals surface area contributed by atoms with Crippen LogP contribution in [0.25, 0.3) is 10.2 Å². The van der Waals surface area contributed by atoms with Crippen LogP contribution in [-0.4, -0.2) is 40.1 Å². The van der Waals surface area contributed by atoms with Gasteiger partial charge in [0.2, 0.25) is 0 Å². The molecule has 0 spiro atoms. The van der Waals surface area contributed by atoms with Gasteiger partial charge in [0.25, 0.3) is 0 Å². The third kappa shape index (κ3) is 2.69. The Kier molecular flexibility index (Phi) is 3.73. The molecule has 0 aliphatic carbocycles. The summed E-state index contributed by atoms with van der Waals surface area (Å²) in [6.45, 7) is 8.08. The molecule has 3 rings (SSSR count). The minimum Gasteiger partial charge on any atom is -0.368 e. The van der Waals surface area contributed by atoms with E-state index in [4.69, 9.17) is 4.74 Å². The molecule has 1 aliphatic heterocycles. The number of morpholine rings is 1. The quantitative estimate of drug-likeness (QED) is 0.774. The number of hydrogen-bond donors (Lipinski definition) is 0. The van der Waals surface area contributed by atoms with Gasteiger partial charge in [-0.05, 0) is 26.8 Å². The zero-order chi connectivity index (χ0) is 14.3. The molecule has 108 valence electrons. The third-order valence-electron chi connectivity index (χ3n) is 3.38. The number of nitrogens with zero attached hydrogens (tertiary/aromatic N) is 3. The number of aromatic nitrogens is 2. The Morgan fingerprint density at radius 2 is 2.30 bits per heavy atom. The summed E-state index contributed by atoms with van der Waals surface area (Å²) in [4.78, 5) is 13.6. The first-order valence-corrected chi connectivity index (χ1v) is 8.62. The molecule has 6 heteroatoms. The molecule has 1 fully saturated rings. The van der Waals surface area contributed by atoms with Crippen molar-refractivity contribution in [1.29, 1.82) is 0 Å². The molecule has 1 atom stereocenters. The van der Waals surface area contributed by atoms with Gasteiger partial charge in [0.1, 0.15) is 17.0 Å². The van der Waals surface area contributed by atoms with E-state index in [0.29, 0.717) is 0 Å². The van der Waals surface area contributed by atoms with Crippen molar-refractivity contribution in [2.75, 3.05) is 23.3 Å². The lowest BCUT2D eigenvalue weighted by Gasteiger charge is -2.43. The standard InChI is InChI=1S/C14H18BrN3OS/c1-9-4-11-12(16-8-17-13(11)20-9)18-6-10(5-15)19-14(2,3)7-18/h4,8,10H,5-7H2,1-3H3. The predicted molar refractivity (Wildman–Crippen MR) is 87.1 cm³/mol. The van der Waals surface area contributed by atoms with Crippen LogP contribution in [-0.2, 0) is 4.74 Å². The Balaban J connectivity index is 2.01. The fourth-order valence-corrected chi connectivity index (χ4v) is 3.93. The van der Waals surface area contributed by atoms with Crippen molar-refractivity contribution >= 4 is 43.3 Å². The van der Waals surface area contributed by atoms with Crippen molar-refractivity contribution in [2.24, 2.45) is 0 Å². The van der Waals surface area contributed by atoms with E-state index in [1.165, 1.54) is 4.88 Å². The van der Waals surface area contributed by atoms with Crippen LogP contribution in [0.1, 0.15) is 18.7 Å². The molecule has 0 aromatic carbocycles. The average molecular weight is 356 g/mol. The molecule has 0 amide bonds. The van der Waals surface area contributed by atoms with Crippen LogP contribution in [0.5, 0.6) is 0 Å². The fraction of sp³-hybridized carbons (Fsp3) is 0.571. The van der Waals surface area contributed by atoms with Gasteiger partial charge in [0.05, 0.1) is 17.1 Å².